The topological polar surface area (TPSA) is 26.0 Å². The van der Waals surface area contributed by atoms with Crippen LogP contribution in [0.3, 0.4) is 0 Å². The molecule has 1 nitrogen and oxygen atoms in total. The monoisotopic (exact) mass is 227 g/mol. The zero-order valence-electron chi connectivity index (χ0n) is 9.86. The fraction of sp³-hybridized carbons (Fsp3) is 0.538. The van der Waals surface area contributed by atoms with Crippen molar-refractivity contribution in [1.29, 1.82) is 0 Å². The molecule has 0 spiro atoms. The first-order valence-corrected chi connectivity index (χ1v) is 5.48. The molecule has 15 heavy (non-hydrogen) atoms. The lowest BCUT2D eigenvalue weighted by atomic mass is 9.97. The van der Waals surface area contributed by atoms with E-state index in [0.717, 1.165) is 12.8 Å². The maximum absolute atomic E-state index is 6.09. The standard InChI is InChI=1S/C13H21N.ClH/c1-4-11-5-7-12(8-6-11)13(14)9-10(2)3;/h5-8,10,13H,4,9,14H2,1-3H3;1H/t13-;/m0./s1. The van der Waals surface area contributed by atoms with E-state index in [0.29, 0.717) is 5.92 Å². The third-order valence-electron chi connectivity index (χ3n) is 2.54. The summed E-state index contributed by atoms with van der Waals surface area (Å²) in [5.74, 6) is 0.663. The SMILES string of the molecule is CCc1ccc([C@@H](N)CC(C)C)cc1.Cl. The minimum absolute atomic E-state index is 0. The van der Waals surface area contributed by atoms with Crippen molar-refractivity contribution in [3.63, 3.8) is 0 Å². The Bertz CT molecular complexity index is 266. The summed E-state index contributed by atoms with van der Waals surface area (Å²) in [5.41, 5.74) is 8.73. The molecule has 1 rings (SSSR count). The highest BCUT2D eigenvalue weighted by molar-refractivity contribution is 5.85. The molecule has 2 N–H and O–H groups in total. The number of aryl methyl sites for hydroxylation is 1. The Hall–Kier alpha value is -0.530. The van der Waals surface area contributed by atoms with Crippen LogP contribution in [0.25, 0.3) is 0 Å². The van der Waals surface area contributed by atoms with Gasteiger partial charge in [0.05, 0.1) is 0 Å². The molecule has 0 amide bonds. The summed E-state index contributed by atoms with van der Waals surface area (Å²) in [6.07, 6.45) is 2.16. The van der Waals surface area contributed by atoms with Gasteiger partial charge in [-0.15, -0.1) is 12.4 Å². The molecular weight excluding hydrogens is 206 g/mol. The van der Waals surface area contributed by atoms with E-state index in [-0.39, 0.29) is 18.4 Å². The van der Waals surface area contributed by atoms with E-state index in [4.69, 9.17) is 5.73 Å². The minimum atomic E-state index is 0. The molecule has 2 heteroatoms. The van der Waals surface area contributed by atoms with Gasteiger partial charge in [-0.1, -0.05) is 45.0 Å². The van der Waals surface area contributed by atoms with Crippen molar-refractivity contribution in [2.75, 3.05) is 0 Å². The Labute approximate surface area is 99.5 Å². The number of rotatable bonds is 4. The van der Waals surface area contributed by atoms with E-state index >= 15 is 0 Å². The Morgan fingerprint density at radius 1 is 1.13 bits per heavy atom. The Morgan fingerprint density at radius 2 is 1.67 bits per heavy atom. The lowest BCUT2D eigenvalue weighted by molar-refractivity contribution is 0.510. The molecule has 0 fully saturated rings. The fourth-order valence-corrected chi connectivity index (χ4v) is 1.64. The smallest absolute Gasteiger partial charge is 0.0297 e. The highest BCUT2D eigenvalue weighted by atomic mass is 35.5. The van der Waals surface area contributed by atoms with Crippen LogP contribution in [0.5, 0.6) is 0 Å². The maximum Gasteiger partial charge on any atom is 0.0297 e. The molecule has 0 unspecified atom stereocenters. The van der Waals surface area contributed by atoms with Crippen LogP contribution in [0.2, 0.25) is 0 Å². The summed E-state index contributed by atoms with van der Waals surface area (Å²) >= 11 is 0. The maximum atomic E-state index is 6.09. The van der Waals surface area contributed by atoms with E-state index in [1.807, 2.05) is 0 Å². The van der Waals surface area contributed by atoms with Crippen LogP contribution >= 0.6 is 12.4 Å². The molecule has 0 heterocycles. The molecule has 1 atom stereocenters. The van der Waals surface area contributed by atoms with Crippen LogP contribution in [-0.4, -0.2) is 0 Å². The third-order valence-corrected chi connectivity index (χ3v) is 2.54. The number of halogens is 1. The van der Waals surface area contributed by atoms with Crippen molar-refractivity contribution >= 4 is 12.4 Å². The molecule has 0 saturated carbocycles. The predicted molar refractivity (Wildman–Crippen MR) is 69.5 cm³/mol. The van der Waals surface area contributed by atoms with Gasteiger partial charge in [-0.05, 0) is 29.9 Å². The fourth-order valence-electron chi connectivity index (χ4n) is 1.64. The van der Waals surface area contributed by atoms with Crippen LogP contribution in [0.15, 0.2) is 24.3 Å². The lowest BCUT2D eigenvalue weighted by Gasteiger charge is -2.14. The first-order valence-electron chi connectivity index (χ1n) is 5.48. The molecule has 0 bridgehead atoms. The minimum Gasteiger partial charge on any atom is -0.324 e. The lowest BCUT2D eigenvalue weighted by Crippen LogP contribution is -2.12. The van der Waals surface area contributed by atoms with Crippen LogP contribution in [0.4, 0.5) is 0 Å². The Morgan fingerprint density at radius 3 is 2.07 bits per heavy atom. The van der Waals surface area contributed by atoms with Gasteiger partial charge in [-0.25, -0.2) is 0 Å². The molecule has 0 radical (unpaired) electrons. The first-order chi connectivity index (χ1) is 6.63. The van der Waals surface area contributed by atoms with Gasteiger partial charge in [0.1, 0.15) is 0 Å². The molecular formula is C13H22ClN. The van der Waals surface area contributed by atoms with E-state index in [1.54, 1.807) is 0 Å². The number of hydrogen-bond acceptors (Lipinski definition) is 1. The normalized spacial score (nSPS) is 12.3. The predicted octanol–water partition coefficient (Wildman–Crippen LogP) is 3.72. The Balaban J connectivity index is 0.00000196. The number of nitrogens with two attached hydrogens (primary N) is 1. The second kappa shape index (κ2) is 6.86. The van der Waals surface area contributed by atoms with E-state index in [2.05, 4.69) is 45.0 Å². The van der Waals surface area contributed by atoms with Gasteiger partial charge in [-0.2, -0.15) is 0 Å². The molecule has 0 aromatic heterocycles. The van der Waals surface area contributed by atoms with Crippen LogP contribution < -0.4 is 5.73 Å². The molecule has 0 aliphatic carbocycles. The molecule has 1 aromatic rings. The summed E-state index contributed by atoms with van der Waals surface area (Å²) in [7, 11) is 0. The zero-order chi connectivity index (χ0) is 10.6. The van der Waals surface area contributed by atoms with Gasteiger partial charge < -0.3 is 5.73 Å². The summed E-state index contributed by atoms with van der Waals surface area (Å²) in [5, 5.41) is 0. The second-order valence-electron chi connectivity index (χ2n) is 4.33. The molecule has 0 aliphatic rings. The number of benzene rings is 1. The number of hydrogen-bond donors (Lipinski definition) is 1. The highest BCUT2D eigenvalue weighted by Crippen LogP contribution is 2.19. The summed E-state index contributed by atoms with van der Waals surface area (Å²) < 4.78 is 0. The largest absolute Gasteiger partial charge is 0.324 e. The van der Waals surface area contributed by atoms with Gasteiger partial charge in [0, 0.05) is 6.04 Å². The van der Waals surface area contributed by atoms with Gasteiger partial charge in [0.2, 0.25) is 0 Å². The third kappa shape index (κ3) is 4.67. The van der Waals surface area contributed by atoms with E-state index in [1.165, 1.54) is 11.1 Å². The second-order valence-corrected chi connectivity index (χ2v) is 4.33. The summed E-state index contributed by atoms with van der Waals surface area (Å²) in [6, 6.07) is 8.86. The first kappa shape index (κ1) is 14.5. The van der Waals surface area contributed by atoms with Gasteiger partial charge >= 0.3 is 0 Å². The van der Waals surface area contributed by atoms with E-state index in [9.17, 15) is 0 Å². The molecule has 86 valence electrons. The van der Waals surface area contributed by atoms with Crippen molar-refractivity contribution in [2.45, 2.75) is 39.7 Å². The molecule has 1 aromatic carbocycles. The van der Waals surface area contributed by atoms with Crippen molar-refractivity contribution in [3.05, 3.63) is 35.4 Å². The zero-order valence-corrected chi connectivity index (χ0v) is 10.7. The van der Waals surface area contributed by atoms with Gasteiger partial charge in [0.15, 0.2) is 0 Å². The molecule has 0 aliphatic heterocycles. The quantitative estimate of drug-likeness (QED) is 0.834. The van der Waals surface area contributed by atoms with Crippen molar-refractivity contribution < 1.29 is 0 Å². The summed E-state index contributed by atoms with van der Waals surface area (Å²) in [6.45, 7) is 6.59. The summed E-state index contributed by atoms with van der Waals surface area (Å²) in [4.78, 5) is 0. The average molecular weight is 228 g/mol. The highest BCUT2D eigenvalue weighted by Gasteiger charge is 2.07. The van der Waals surface area contributed by atoms with Crippen molar-refractivity contribution in [1.82, 2.24) is 0 Å². The Kier molecular flexibility index (Phi) is 6.62. The van der Waals surface area contributed by atoms with Crippen molar-refractivity contribution in [2.24, 2.45) is 11.7 Å². The van der Waals surface area contributed by atoms with Crippen LogP contribution in [0, 0.1) is 5.92 Å². The van der Waals surface area contributed by atoms with Gasteiger partial charge in [0.25, 0.3) is 0 Å². The van der Waals surface area contributed by atoms with Crippen LogP contribution in [0.1, 0.15) is 44.4 Å². The van der Waals surface area contributed by atoms with E-state index < -0.39 is 0 Å². The van der Waals surface area contributed by atoms with Crippen LogP contribution in [-0.2, 0) is 6.42 Å². The van der Waals surface area contributed by atoms with Crippen molar-refractivity contribution in [3.8, 4) is 0 Å². The van der Waals surface area contributed by atoms with Gasteiger partial charge in [-0.3, -0.25) is 0 Å². The molecule has 0 saturated heterocycles. The average Bonchev–Trinajstić information content (AvgIpc) is 2.17.